The fourth-order valence-electron chi connectivity index (χ4n) is 5.43. The standard InChI is InChI=1S/C31H31BrN2O6/c1-31(2,3)40-29(37)33-20-13-12-18-14-19(28(35)36)15-26(32)27(18)34(16-20)30(38)39-17-25-23-10-6-4-8-21(23)22-9-5-7-11-24(22)25/h4-11,14-15,20,25H,12-13,16-17H2,1-3H3,(H,33,37)(H,35,36). The van der Waals surface area contributed by atoms with Gasteiger partial charge in [-0.1, -0.05) is 48.5 Å². The highest BCUT2D eigenvalue weighted by atomic mass is 79.9. The highest BCUT2D eigenvalue weighted by Crippen LogP contribution is 2.45. The normalized spacial score (nSPS) is 16.3. The molecule has 0 aromatic heterocycles. The Bertz CT molecular complexity index is 1440. The lowest BCUT2D eigenvalue weighted by Crippen LogP contribution is -2.47. The van der Waals surface area contributed by atoms with Gasteiger partial charge in [-0.3, -0.25) is 4.90 Å². The fourth-order valence-corrected chi connectivity index (χ4v) is 6.15. The van der Waals surface area contributed by atoms with Crippen molar-refractivity contribution in [3.8, 4) is 11.1 Å². The summed E-state index contributed by atoms with van der Waals surface area (Å²) in [6, 6.07) is 18.8. The first-order valence-corrected chi connectivity index (χ1v) is 14.0. The van der Waals surface area contributed by atoms with Gasteiger partial charge in [0, 0.05) is 16.9 Å². The molecule has 0 spiro atoms. The quantitative estimate of drug-likeness (QED) is 0.340. The number of halogens is 1. The fraction of sp³-hybridized carbons (Fsp3) is 0.323. The van der Waals surface area contributed by atoms with Gasteiger partial charge in [0.15, 0.2) is 0 Å². The van der Waals surface area contributed by atoms with Crippen LogP contribution in [0.15, 0.2) is 65.1 Å². The molecule has 2 amide bonds. The summed E-state index contributed by atoms with van der Waals surface area (Å²) in [6.45, 7) is 5.61. The molecule has 9 heteroatoms. The summed E-state index contributed by atoms with van der Waals surface area (Å²) in [6.07, 6.45) is -0.233. The third kappa shape index (κ3) is 5.70. The van der Waals surface area contributed by atoms with Gasteiger partial charge in [-0.05, 0) is 89.5 Å². The zero-order valence-corrected chi connectivity index (χ0v) is 24.2. The van der Waals surface area contributed by atoms with Crippen LogP contribution in [0.2, 0.25) is 0 Å². The van der Waals surface area contributed by atoms with Gasteiger partial charge in [-0.2, -0.15) is 0 Å². The highest BCUT2D eigenvalue weighted by molar-refractivity contribution is 9.10. The molecule has 0 saturated heterocycles. The van der Waals surface area contributed by atoms with Gasteiger partial charge in [0.2, 0.25) is 0 Å². The van der Waals surface area contributed by atoms with Crippen molar-refractivity contribution in [2.75, 3.05) is 18.1 Å². The number of anilines is 1. The van der Waals surface area contributed by atoms with Gasteiger partial charge >= 0.3 is 18.2 Å². The second-order valence-electron chi connectivity index (χ2n) is 11.1. The minimum atomic E-state index is -1.07. The van der Waals surface area contributed by atoms with Crippen LogP contribution in [0.1, 0.15) is 60.2 Å². The first kappa shape index (κ1) is 27.7. The van der Waals surface area contributed by atoms with Crippen LogP contribution in [-0.4, -0.2) is 48.1 Å². The van der Waals surface area contributed by atoms with E-state index in [0.29, 0.717) is 28.6 Å². The molecule has 8 nitrogen and oxygen atoms in total. The largest absolute Gasteiger partial charge is 0.478 e. The number of nitrogens with one attached hydrogen (secondary N) is 1. The molecule has 0 radical (unpaired) electrons. The number of amides is 2. The first-order chi connectivity index (χ1) is 19.0. The van der Waals surface area contributed by atoms with Crippen molar-refractivity contribution in [1.82, 2.24) is 5.32 Å². The number of nitrogens with zero attached hydrogens (tertiary/aromatic N) is 1. The number of carboxylic acid groups (broad SMARTS) is 1. The maximum atomic E-state index is 13.7. The third-order valence-electron chi connectivity index (χ3n) is 7.10. The molecule has 5 rings (SSSR count). The third-order valence-corrected chi connectivity index (χ3v) is 7.71. The molecule has 0 saturated carbocycles. The Morgan fingerprint density at radius 3 is 2.25 bits per heavy atom. The van der Waals surface area contributed by atoms with Gasteiger partial charge in [-0.25, -0.2) is 14.4 Å². The van der Waals surface area contributed by atoms with E-state index in [9.17, 15) is 19.5 Å². The number of ether oxygens (including phenoxy) is 2. The minimum absolute atomic E-state index is 0.108. The van der Waals surface area contributed by atoms with Crippen molar-refractivity contribution in [2.45, 2.75) is 51.2 Å². The zero-order chi connectivity index (χ0) is 28.6. The first-order valence-electron chi connectivity index (χ1n) is 13.2. The Kier molecular flexibility index (Phi) is 7.59. The van der Waals surface area contributed by atoms with E-state index < -0.39 is 29.8 Å². The molecule has 0 fully saturated rings. The Labute approximate surface area is 241 Å². The highest BCUT2D eigenvalue weighted by Gasteiger charge is 2.34. The number of carboxylic acids is 1. The molecule has 3 aromatic rings. The molecule has 1 aliphatic heterocycles. The number of aryl methyl sites for hydroxylation is 1. The average molecular weight is 608 g/mol. The van der Waals surface area contributed by atoms with E-state index >= 15 is 0 Å². The smallest absolute Gasteiger partial charge is 0.414 e. The molecule has 0 bridgehead atoms. The van der Waals surface area contributed by atoms with Crippen molar-refractivity contribution in [2.24, 2.45) is 0 Å². The maximum Gasteiger partial charge on any atom is 0.414 e. The maximum absolute atomic E-state index is 13.7. The Balaban J connectivity index is 1.42. The SMILES string of the molecule is CC(C)(C)OC(=O)NC1CCc2cc(C(=O)O)cc(Br)c2N(C(=O)OCC2c3ccccc3-c3ccccc32)C1. The van der Waals surface area contributed by atoms with Crippen molar-refractivity contribution in [3.05, 3.63) is 87.4 Å². The van der Waals surface area contributed by atoms with E-state index in [1.807, 2.05) is 24.3 Å². The lowest BCUT2D eigenvalue weighted by Gasteiger charge is -2.28. The summed E-state index contributed by atoms with van der Waals surface area (Å²) in [5, 5.41) is 12.5. The van der Waals surface area contributed by atoms with Crippen LogP contribution >= 0.6 is 15.9 Å². The Morgan fingerprint density at radius 2 is 1.65 bits per heavy atom. The summed E-state index contributed by atoms with van der Waals surface area (Å²) >= 11 is 3.49. The number of hydrogen-bond donors (Lipinski definition) is 2. The number of carbonyl (C=O) groups is 3. The number of alkyl carbamates (subject to hydrolysis) is 1. The van der Waals surface area contributed by atoms with Crippen molar-refractivity contribution in [1.29, 1.82) is 0 Å². The lowest BCUT2D eigenvalue weighted by molar-refractivity contribution is 0.0502. The van der Waals surface area contributed by atoms with Gasteiger partial charge < -0.3 is 19.9 Å². The molecule has 1 atom stereocenters. The Morgan fingerprint density at radius 1 is 1.02 bits per heavy atom. The van der Waals surface area contributed by atoms with Crippen LogP contribution < -0.4 is 10.2 Å². The number of rotatable bonds is 4. The lowest BCUT2D eigenvalue weighted by atomic mass is 9.98. The monoisotopic (exact) mass is 606 g/mol. The molecule has 40 heavy (non-hydrogen) atoms. The molecule has 2 N–H and O–H groups in total. The van der Waals surface area contributed by atoms with E-state index in [0.717, 1.165) is 22.3 Å². The molecular weight excluding hydrogens is 576 g/mol. The minimum Gasteiger partial charge on any atom is -0.478 e. The Hall–Kier alpha value is -3.85. The molecule has 1 heterocycles. The zero-order valence-electron chi connectivity index (χ0n) is 22.6. The van der Waals surface area contributed by atoms with E-state index in [1.165, 1.54) is 11.0 Å². The van der Waals surface area contributed by atoms with Gasteiger partial charge in [0.1, 0.15) is 12.2 Å². The van der Waals surface area contributed by atoms with Crippen molar-refractivity contribution < 1.29 is 29.0 Å². The molecule has 3 aromatic carbocycles. The number of hydrogen-bond acceptors (Lipinski definition) is 5. The van der Waals surface area contributed by atoms with E-state index in [2.05, 4.69) is 45.5 Å². The number of fused-ring (bicyclic) bond motifs is 4. The molecule has 2 aliphatic rings. The molecule has 208 valence electrons. The van der Waals surface area contributed by atoms with Crippen LogP contribution in [0.3, 0.4) is 0 Å². The summed E-state index contributed by atoms with van der Waals surface area (Å²) < 4.78 is 11.9. The number of benzene rings is 3. The molecule has 1 unspecified atom stereocenters. The van der Waals surface area contributed by atoms with Crippen LogP contribution in [0, 0.1) is 0 Å². The predicted molar refractivity (Wildman–Crippen MR) is 155 cm³/mol. The van der Waals surface area contributed by atoms with Gasteiger partial charge in [0.25, 0.3) is 0 Å². The summed E-state index contributed by atoms with van der Waals surface area (Å²) in [5.41, 5.74) is 5.11. The van der Waals surface area contributed by atoms with Crippen LogP contribution in [0.25, 0.3) is 11.1 Å². The van der Waals surface area contributed by atoms with Gasteiger partial charge in [0.05, 0.1) is 17.3 Å². The second kappa shape index (κ2) is 11.0. The van der Waals surface area contributed by atoms with E-state index in [1.54, 1.807) is 26.8 Å². The van der Waals surface area contributed by atoms with Crippen molar-refractivity contribution >= 4 is 39.8 Å². The number of aromatic carboxylic acids is 1. The summed E-state index contributed by atoms with van der Waals surface area (Å²) in [5.74, 6) is -1.18. The van der Waals surface area contributed by atoms with Crippen molar-refractivity contribution in [3.63, 3.8) is 0 Å². The molecular formula is C31H31BrN2O6. The van der Waals surface area contributed by atoms with Crippen LogP contribution in [0.4, 0.5) is 15.3 Å². The van der Waals surface area contributed by atoms with E-state index in [4.69, 9.17) is 9.47 Å². The molecule has 1 aliphatic carbocycles. The van der Waals surface area contributed by atoms with E-state index in [-0.39, 0.29) is 24.6 Å². The predicted octanol–water partition coefficient (Wildman–Crippen LogP) is 6.74. The van der Waals surface area contributed by atoms with Gasteiger partial charge in [-0.15, -0.1) is 0 Å². The topological polar surface area (TPSA) is 105 Å². The van der Waals surface area contributed by atoms with Crippen LogP contribution in [-0.2, 0) is 15.9 Å². The average Bonchev–Trinajstić information content (AvgIpc) is 3.09. The summed E-state index contributed by atoms with van der Waals surface area (Å²) in [4.78, 5) is 39.5. The number of carbonyl (C=O) groups excluding carboxylic acids is 2. The van der Waals surface area contributed by atoms with Crippen LogP contribution in [0.5, 0.6) is 0 Å². The summed E-state index contributed by atoms with van der Waals surface area (Å²) in [7, 11) is 0. The second-order valence-corrected chi connectivity index (χ2v) is 11.9.